The summed E-state index contributed by atoms with van der Waals surface area (Å²) in [5.41, 5.74) is -4.26. The zero-order valence-corrected chi connectivity index (χ0v) is 9.98. The van der Waals surface area contributed by atoms with Gasteiger partial charge < -0.3 is 15.3 Å². The fourth-order valence-corrected chi connectivity index (χ4v) is 2.01. The Balaban J connectivity index is 2.16. The third kappa shape index (κ3) is 6.02. The maximum absolute atomic E-state index is 11.8. The van der Waals surface area contributed by atoms with E-state index in [1.165, 1.54) is 4.90 Å². The Hall–Kier alpha value is -0.630. The van der Waals surface area contributed by atoms with Gasteiger partial charge in [0.2, 0.25) is 0 Å². The van der Waals surface area contributed by atoms with Crippen molar-refractivity contribution >= 4 is 17.8 Å². The van der Waals surface area contributed by atoms with Crippen molar-refractivity contribution in [3.63, 3.8) is 0 Å². The van der Waals surface area contributed by atoms with Gasteiger partial charge in [0, 0.05) is 25.4 Å². The molecule has 4 nitrogen and oxygen atoms in total. The van der Waals surface area contributed by atoms with Crippen LogP contribution in [0.1, 0.15) is 12.8 Å². The number of hydrogen-bond donors (Lipinski definition) is 2. The van der Waals surface area contributed by atoms with E-state index in [0.29, 0.717) is 19.4 Å². The standard InChI is InChI=1S/C9H15F3N2O2S/c10-9(11,12)17-5-3-13-8(16)14-4-1-2-7(15)6-14/h7,15H,1-6H2,(H,13,16)/t7-/m1/s1. The molecule has 0 aliphatic carbocycles. The van der Waals surface area contributed by atoms with Gasteiger partial charge in [0.05, 0.1) is 6.10 Å². The van der Waals surface area contributed by atoms with Crippen LogP contribution >= 0.6 is 11.8 Å². The van der Waals surface area contributed by atoms with Gasteiger partial charge in [-0.1, -0.05) is 0 Å². The average Bonchev–Trinajstić information content (AvgIpc) is 2.23. The van der Waals surface area contributed by atoms with Crippen LogP contribution in [-0.4, -0.2) is 53.0 Å². The van der Waals surface area contributed by atoms with E-state index >= 15 is 0 Å². The highest BCUT2D eigenvalue weighted by Crippen LogP contribution is 2.29. The summed E-state index contributed by atoms with van der Waals surface area (Å²) in [5, 5.41) is 11.7. The fourth-order valence-electron chi connectivity index (χ4n) is 1.58. The molecule has 17 heavy (non-hydrogen) atoms. The lowest BCUT2D eigenvalue weighted by atomic mass is 10.1. The molecule has 0 aromatic heterocycles. The quantitative estimate of drug-likeness (QED) is 0.764. The van der Waals surface area contributed by atoms with Crippen LogP contribution < -0.4 is 5.32 Å². The molecule has 8 heteroatoms. The van der Waals surface area contributed by atoms with Crippen LogP contribution in [0, 0.1) is 0 Å². The Morgan fingerprint density at radius 2 is 2.24 bits per heavy atom. The maximum atomic E-state index is 11.8. The van der Waals surface area contributed by atoms with E-state index in [1.54, 1.807) is 0 Å². The molecule has 0 radical (unpaired) electrons. The highest BCUT2D eigenvalue weighted by Gasteiger charge is 2.27. The second-order valence-corrected chi connectivity index (χ2v) is 4.93. The molecule has 1 aliphatic rings. The molecule has 2 N–H and O–H groups in total. The van der Waals surface area contributed by atoms with Gasteiger partial charge in [0.15, 0.2) is 0 Å². The third-order valence-corrected chi connectivity index (χ3v) is 3.06. The first kappa shape index (κ1) is 14.4. The molecule has 0 aromatic carbocycles. The highest BCUT2D eigenvalue weighted by molar-refractivity contribution is 8.00. The number of urea groups is 1. The lowest BCUT2D eigenvalue weighted by Crippen LogP contribution is -2.47. The number of amides is 2. The van der Waals surface area contributed by atoms with Crippen LogP contribution in [0.5, 0.6) is 0 Å². The number of rotatable bonds is 3. The minimum Gasteiger partial charge on any atom is -0.391 e. The Morgan fingerprint density at radius 1 is 1.53 bits per heavy atom. The van der Waals surface area contributed by atoms with Gasteiger partial charge in [-0.05, 0) is 24.6 Å². The lowest BCUT2D eigenvalue weighted by molar-refractivity contribution is -0.0327. The number of nitrogens with one attached hydrogen (secondary N) is 1. The smallest absolute Gasteiger partial charge is 0.391 e. The van der Waals surface area contributed by atoms with Crippen LogP contribution in [0.25, 0.3) is 0 Å². The van der Waals surface area contributed by atoms with Gasteiger partial charge in [0.1, 0.15) is 0 Å². The van der Waals surface area contributed by atoms with Crippen molar-refractivity contribution in [3.05, 3.63) is 0 Å². The van der Waals surface area contributed by atoms with E-state index in [9.17, 15) is 23.1 Å². The summed E-state index contributed by atoms with van der Waals surface area (Å²) in [6.07, 6.45) is 0.846. The van der Waals surface area contributed by atoms with Crippen LogP contribution in [-0.2, 0) is 0 Å². The SMILES string of the molecule is O=C(NCCSC(F)(F)F)N1CCC[C@@H](O)C1. The Bertz CT molecular complexity index is 263. The first-order valence-electron chi connectivity index (χ1n) is 5.30. The number of hydrogen-bond acceptors (Lipinski definition) is 3. The van der Waals surface area contributed by atoms with Crippen LogP contribution in [0.4, 0.5) is 18.0 Å². The van der Waals surface area contributed by atoms with E-state index in [2.05, 4.69) is 5.32 Å². The number of carbonyl (C=O) groups is 1. The van der Waals surface area contributed by atoms with Crippen molar-refractivity contribution in [3.8, 4) is 0 Å². The van der Waals surface area contributed by atoms with E-state index in [0.717, 1.165) is 0 Å². The zero-order chi connectivity index (χ0) is 12.9. The van der Waals surface area contributed by atoms with Crippen molar-refractivity contribution in [2.75, 3.05) is 25.4 Å². The summed E-state index contributed by atoms with van der Waals surface area (Å²) in [6, 6.07) is -0.411. The van der Waals surface area contributed by atoms with E-state index in [1.807, 2.05) is 0 Å². The number of β-amino-alcohol motifs (C(OH)–C–C–N with tert-alkyl or cyclic N) is 1. The van der Waals surface area contributed by atoms with E-state index in [4.69, 9.17) is 0 Å². The second kappa shape index (κ2) is 6.34. The van der Waals surface area contributed by atoms with Gasteiger partial charge in [-0.15, -0.1) is 0 Å². The number of likely N-dealkylation sites (tertiary alicyclic amines) is 1. The number of thioether (sulfide) groups is 1. The molecule has 1 rings (SSSR count). The molecule has 1 aliphatic heterocycles. The van der Waals surface area contributed by atoms with Gasteiger partial charge >= 0.3 is 11.5 Å². The van der Waals surface area contributed by atoms with E-state index in [-0.39, 0.29) is 30.6 Å². The van der Waals surface area contributed by atoms with Crippen molar-refractivity contribution < 1.29 is 23.1 Å². The highest BCUT2D eigenvalue weighted by atomic mass is 32.2. The predicted octanol–water partition coefficient (Wildman–Crippen LogP) is 1.41. The summed E-state index contributed by atoms with van der Waals surface area (Å²) in [6.45, 7) is 0.753. The number of nitrogens with zero attached hydrogens (tertiary/aromatic N) is 1. The molecule has 2 amide bonds. The number of aliphatic hydroxyl groups excluding tert-OH is 1. The molecule has 0 aromatic rings. The zero-order valence-electron chi connectivity index (χ0n) is 9.16. The van der Waals surface area contributed by atoms with Crippen molar-refractivity contribution in [1.82, 2.24) is 10.2 Å². The second-order valence-electron chi connectivity index (χ2n) is 3.77. The predicted molar refractivity (Wildman–Crippen MR) is 58.7 cm³/mol. The molecule has 0 bridgehead atoms. The molecule has 0 saturated carbocycles. The van der Waals surface area contributed by atoms with Gasteiger partial charge in [-0.3, -0.25) is 0 Å². The van der Waals surface area contributed by atoms with E-state index < -0.39 is 17.6 Å². The summed E-state index contributed by atoms with van der Waals surface area (Å²) in [5.74, 6) is -0.203. The van der Waals surface area contributed by atoms with Crippen LogP contribution in [0.3, 0.4) is 0 Å². The molecular weight excluding hydrogens is 257 g/mol. The molecule has 1 atom stereocenters. The summed E-state index contributed by atoms with van der Waals surface area (Å²) < 4.78 is 35.4. The normalized spacial score (nSPS) is 21.4. The Kier molecular flexibility index (Phi) is 5.38. The first-order valence-corrected chi connectivity index (χ1v) is 6.28. The Labute approximate surface area is 102 Å². The number of halogens is 3. The van der Waals surface area contributed by atoms with Crippen LogP contribution in [0.15, 0.2) is 0 Å². The van der Waals surface area contributed by atoms with Gasteiger partial charge in [-0.25, -0.2) is 4.79 Å². The molecule has 100 valence electrons. The lowest BCUT2D eigenvalue weighted by Gasteiger charge is -2.30. The molecule has 1 fully saturated rings. The minimum atomic E-state index is -4.26. The molecule has 0 spiro atoms. The van der Waals surface area contributed by atoms with Gasteiger partial charge in [0.25, 0.3) is 0 Å². The number of piperidine rings is 1. The topological polar surface area (TPSA) is 52.6 Å². The monoisotopic (exact) mass is 272 g/mol. The number of carbonyl (C=O) groups excluding carboxylic acids is 1. The maximum Gasteiger partial charge on any atom is 0.441 e. The van der Waals surface area contributed by atoms with Crippen molar-refractivity contribution in [2.24, 2.45) is 0 Å². The fraction of sp³-hybridized carbons (Fsp3) is 0.889. The van der Waals surface area contributed by atoms with Crippen LogP contribution in [0.2, 0.25) is 0 Å². The third-order valence-electron chi connectivity index (χ3n) is 2.33. The molecule has 1 heterocycles. The first-order chi connectivity index (χ1) is 7.88. The molecule has 1 saturated heterocycles. The summed E-state index contributed by atoms with van der Waals surface area (Å²) >= 11 is -0.160. The number of aliphatic hydroxyl groups is 1. The Morgan fingerprint density at radius 3 is 2.82 bits per heavy atom. The summed E-state index contributed by atoms with van der Waals surface area (Å²) in [4.78, 5) is 12.9. The molecule has 0 unspecified atom stereocenters. The van der Waals surface area contributed by atoms with Gasteiger partial charge in [-0.2, -0.15) is 13.2 Å². The summed E-state index contributed by atoms with van der Waals surface area (Å²) in [7, 11) is 0. The van der Waals surface area contributed by atoms with Crippen molar-refractivity contribution in [1.29, 1.82) is 0 Å². The minimum absolute atomic E-state index is 0.0321. The molecular formula is C9H15F3N2O2S. The largest absolute Gasteiger partial charge is 0.441 e. The van der Waals surface area contributed by atoms with Crippen molar-refractivity contribution in [2.45, 2.75) is 24.5 Å². The number of alkyl halides is 3. The average molecular weight is 272 g/mol.